The molecule has 2 N–H and O–H groups in total. The third-order valence-electron chi connectivity index (χ3n) is 5.03. The topological polar surface area (TPSA) is 116 Å². The van der Waals surface area contributed by atoms with Crippen LogP contribution in [0.25, 0.3) is 11.0 Å². The number of rotatable bonds is 6. The molecule has 0 aliphatic carbocycles. The van der Waals surface area contributed by atoms with E-state index in [2.05, 4.69) is 15.0 Å². The van der Waals surface area contributed by atoms with E-state index in [9.17, 15) is 18.3 Å². The Morgan fingerprint density at radius 2 is 2.19 bits per heavy atom. The van der Waals surface area contributed by atoms with Gasteiger partial charge in [-0.1, -0.05) is 0 Å². The van der Waals surface area contributed by atoms with Gasteiger partial charge < -0.3 is 10.1 Å². The Morgan fingerprint density at radius 3 is 2.85 bits per heavy atom. The van der Waals surface area contributed by atoms with Gasteiger partial charge in [-0.3, -0.25) is 9.78 Å². The number of nitrogens with zero attached hydrogens (tertiary/aromatic N) is 3. The molecule has 2 unspecified atom stereocenters. The van der Waals surface area contributed by atoms with Crippen LogP contribution in [0.4, 0.5) is 0 Å². The molecule has 3 heterocycles. The van der Waals surface area contributed by atoms with Crippen molar-refractivity contribution in [3.05, 3.63) is 24.3 Å². The fourth-order valence-electron chi connectivity index (χ4n) is 3.56. The number of piperidine rings is 1. The van der Waals surface area contributed by atoms with Crippen LogP contribution in [0.1, 0.15) is 32.5 Å². The summed E-state index contributed by atoms with van der Waals surface area (Å²) in [5.41, 5.74) is 1.62. The number of pyridine rings is 1. The fraction of sp³-hybridized carbons (Fsp3) is 0.588. The first-order valence-corrected chi connectivity index (χ1v) is 10.3. The van der Waals surface area contributed by atoms with E-state index < -0.39 is 21.2 Å². The zero-order chi connectivity index (χ0) is 18.9. The molecule has 2 aromatic rings. The van der Waals surface area contributed by atoms with Crippen molar-refractivity contribution in [2.75, 3.05) is 13.1 Å². The number of H-pyrrole nitrogens is 1. The number of imidazole rings is 1. The van der Waals surface area contributed by atoms with Crippen LogP contribution in [0.5, 0.6) is 0 Å². The highest BCUT2D eigenvalue weighted by Gasteiger charge is 2.37. The molecule has 0 bridgehead atoms. The number of carbonyl (C=O) groups is 1. The molecular formula is C17H24N4O4S. The van der Waals surface area contributed by atoms with Crippen LogP contribution >= 0.6 is 0 Å². The summed E-state index contributed by atoms with van der Waals surface area (Å²) >= 11 is 0. The Morgan fingerprint density at radius 1 is 1.42 bits per heavy atom. The first kappa shape index (κ1) is 18.8. The zero-order valence-corrected chi connectivity index (χ0v) is 15.7. The van der Waals surface area contributed by atoms with Gasteiger partial charge in [-0.05, 0) is 38.2 Å². The van der Waals surface area contributed by atoms with E-state index in [0.29, 0.717) is 25.9 Å². The van der Waals surface area contributed by atoms with Gasteiger partial charge in [0.05, 0.1) is 22.5 Å². The molecule has 1 aliphatic heterocycles. The minimum absolute atomic E-state index is 0.0437. The Kier molecular flexibility index (Phi) is 5.29. The van der Waals surface area contributed by atoms with E-state index in [1.54, 1.807) is 32.3 Å². The van der Waals surface area contributed by atoms with Gasteiger partial charge in [-0.15, -0.1) is 0 Å². The van der Waals surface area contributed by atoms with Gasteiger partial charge in [0.25, 0.3) is 0 Å². The predicted molar refractivity (Wildman–Crippen MR) is 97.1 cm³/mol. The lowest BCUT2D eigenvalue weighted by atomic mass is 9.82. The molecule has 0 amide bonds. The summed E-state index contributed by atoms with van der Waals surface area (Å²) in [5.74, 6) is -0.287. The first-order chi connectivity index (χ1) is 12.3. The standard InChI is InChI=1S/C17H24N4O4S/c1-11(2)26(24,25)21-6-4-12(8-17(22)23)13(10-21)7-16-19-14-3-5-18-9-15(14)20-16/h3,5,9,11-13H,4,6-8,10H2,1-2H3,(H,19,20)(H,22,23). The summed E-state index contributed by atoms with van der Waals surface area (Å²) in [6.45, 7) is 4.03. The Hall–Kier alpha value is -2.00. The molecule has 1 aliphatic rings. The third kappa shape index (κ3) is 3.88. The molecular weight excluding hydrogens is 356 g/mol. The van der Waals surface area contributed by atoms with Crippen LogP contribution in [-0.2, 0) is 21.2 Å². The molecule has 2 atom stereocenters. The van der Waals surface area contributed by atoms with Gasteiger partial charge >= 0.3 is 5.97 Å². The van der Waals surface area contributed by atoms with E-state index in [-0.39, 0.29) is 18.3 Å². The zero-order valence-electron chi connectivity index (χ0n) is 14.9. The normalized spacial score (nSPS) is 22.1. The van der Waals surface area contributed by atoms with Gasteiger partial charge in [0.1, 0.15) is 5.82 Å². The molecule has 1 saturated heterocycles. The van der Waals surface area contributed by atoms with Crippen molar-refractivity contribution in [2.45, 2.75) is 38.4 Å². The number of hydrogen-bond donors (Lipinski definition) is 2. The summed E-state index contributed by atoms with van der Waals surface area (Å²) in [7, 11) is -3.36. The van der Waals surface area contributed by atoms with Gasteiger partial charge in [-0.25, -0.2) is 17.7 Å². The highest BCUT2D eigenvalue weighted by molar-refractivity contribution is 7.89. The highest BCUT2D eigenvalue weighted by atomic mass is 32.2. The number of carboxylic acid groups (broad SMARTS) is 1. The van der Waals surface area contributed by atoms with Gasteiger partial charge in [0, 0.05) is 32.1 Å². The number of hydrogen-bond acceptors (Lipinski definition) is 5. The van der Waals surface area contributed by atoms with E-state index >= 15 is 0 Å². The predicted octanol–water partition coefficient (Wildman–Crippen LogP) is 1.65. The van der Waals surface area contributed by atoms with Gasteiger partial charge in [0.15, 0.2) is 0 Å². The second-order valence-corrected chi connectivity index (χ2v) is 9.63. The number of aliphatic carboxylic acids is 1. The van der Waals surface area contributed by atoms with Crippen molar-refractivity contribution < 1.29 is 18.3 Å². The molecule has 3 rings (SSSR count). The maximum Gasteiger partial charge on any atom is 0.303 e. The number of aromatic amines is 1. The Labute approximate surface area is 152 Å². The Balaban J connectivity index is 1.83. The van der Waals surface area contributed by atoms with Crippen LogP contribution in [0.15, 0.2) is 18.5 Å². The Bertz CT molecular complexity index is 860. The largest absolute Gasteiger partial charge is 0.481 e. The average molecular weight is 380 g/mol. The monoisotopic (exact) mass is 380 g/mol. The molecule has 0 saturated carbocycles. The molecule has 8 nitrogen and oxygen atoms in total. The van der Waals surface area contributed by atoms with E-state index in [0.717, 1.165) is 16.9 Å². The maximum atomic E-state index is 12.5. The SMILES string of the molecule is CC(C)S(=O)(=O)N1CCC(CC(=O)O)C(Cc2nc3ccncc3[nH]2)C1. The van der Waals surface area contributed by atoms with Crippen molar-refractivity contribution in [3.8, 4) is 0 Å². The minimum atomic E-state index is -3.36. The lowest BCUT2D eigenvalue weighted by Crippen LogP contribution is -2.47. The minimum Gasteiger partial charge on any atom is -0.481 e. The third-order valence-corrected chi connectivity index (χ3v) is 7.28. The molecule has 2 aromatic heterocycles. The van der Waals surface area contributed by atoms with Crippen molar-refractivity contribution in [1.29, 1.82) is 0 Å². The van der Waals surface area contributed by atoms with E-state index in [1.807, 2.05) is 0 Å². The van der Waals surface area contributed by atoms with Crippen LogP contribution in [-0.4, -0.2) is 57.1 Å². The van der Waals surface area contributed by atoms with Crippen LogP contribution in [0.2, 0.25) is 0 Å². The molecule has 142 valence electrons. The molecule has 9 heteroatoms. The lowest BCUT2D eigenvalue weighted by Gasteiger charge is -2.38. The van der Waals surface area contributed by atoms with E-state index in [1.165, 1.54) is 4.31 Å². The molecule has 26 heavy (non-hydrogen) atoms. The van der Waals surface area contributed by atoms with E-state index in [4.69, 9.17) is 0 Å². The van der Waals surface area contributed by atoms with Gasteiger partial charge in [-0.2, -0.15) is 0 Å². The maximum absolute atomic E-state index is 12.5. The lowest BCUT2D eigenvalue weighted by molar-refractivity contribution is -0.138. The molecule has 0 radical (unpaired) electrons. The summed E-state index contributed by atoms with van der Waals surface area (Å²) in [5, 5.41) is 8.72. The van der Waals surface area contributed by atoms with Crippen molar-refractivity contribution in [1.82, 2.24) is 19.3 Å². The quantitative estimate of drug-likeness (QED) is 0.787. The summed E-state index contributed by atoms with van der Waals surface area (Å²) in [6.07, 6.45) is 4.46. The smallest absolute Gasteiger partial charge is 0.303 e. The fourth-order valence-corrected chi connectivity index (χ4v) is 4.91. The molecule has 0 aromatic carbocycles. The van der Waals surface area contributed by atoms with Crippen molar-refractivity contribution >= 4 is 27.0 Å². The second kappa shape index (κ2) is 7.32. The average Bonchev–Trinajstić information content (AvgIpc) is 2.98. The summed E-state index contributed by atoms with van der Waals surface area (Å²) in [6, 6.07) is 1.81. The molecule has 1 fully saturated rings. The van der Waals surface area contributed by atoms with Crippen LogP contribution in [0, 0.1) is 11.8 Å². The van der Waals surface area contributed by atoms with Crippen LogP contribution < -0.4 is 0 Å². The second-order valence-electron chi connectivity index (χ2n) is 7.14. The van der Waals surface area contributed by atoms with Crippen molar-refractivity contribution in [2.24, 2.45) is 11.8 Å². The molecule has 0 spiro atoms. The number of sulfonamides is 1. The van der Waals surface area contributed by atoms with Crippen LogP contribution in [0.3, 0.4) is 0 Å². The highest BCUT2D eigenvalue weighted by Crippen LogP contribution is 2.31. The van der Waals surface area contributed by atoms with Gasteiger partial charge in [0.2, 0.25) is 10.0 Å². The number of aromatic nitrogens is 3. The summed E-state index contributed by atoms with van der Waals surface area (Å²) in [4.78, 5) is 23.0. The first-order valence-electron chi connectivity index (χ1n) is 8.76. The number of carboxylic acids is 1. The number of nitrogens with one attached hydrogen (secondary N) is 1. The number of fused-ring (bicyclic) bond motifs is 1. The van der Waals surface area contributed by atoms with Crippen molar-refractivity contribution in [3.63, 3.8) is 0 Å². The summed E-state index contributed by atoms with van der Waals surface area (Å²) < 4.78 is 26.6.